The minimum Gasteiger partial charge on any atom is -0.508 e. The third-order valence-electron chi connectivity index (χ3n) is 2.89. The fourth-order valence-electron chi connectivity index (χ4n) is 1.68. The zero-order valence-corrected chi connectivity index (χ0v) is 13.6. The average Bonchev–Trinajstić information content (AvgIpc) is 3.02. The van der Waals surface area contributed by atoms with Crippen molar-refractivity contribution < 1.29 is 9.94 Å². The number of rotatable bonds is 7. The molecule has 0 atom stereocenters. The standard InChI is InChI=1S/C17H20N2O2S/c1-19(2)11-12-21-18-16(17-4-3-13-22-17)10-7-14-5-8-15(20)9-6-14/h3-10,13,20H,11-12H2,1-2H3. The van der Waals surface area contributed by atoms with E-state index in [2.05, 4.69) is 5.16 Å². The Labute approximate surface area is 135 Å². The third-order valence-corrected chi connectivity index (χ3v) is 3.79. The number of nitrogens with zero attached hydrogens (tertiary/aromatic N) is 2. The molecule has 4 nitrogen and oxygen atoms in total. The second kappa shape index (κ2) is 8.36. The normalized spacial score (nSPS) is 12.2. The molecule has 0 amide bonds. The molecule has 0 unspecified atom stereocenters. The van der Waals surface area contributed by atoms with E-state index in [1.807, 2.05) is 60.8 Å². The van der Waals surface area contributed by atoms with Crippen molar-refractivity contribution in [3.05, 3.63) is 58.3 Å². The Morgan fingerprint density at radius 3 is 2.68 bits per heavy atom. The van der Waals surface area contributed by atoms with Crippen LogP contribution in [-0.4, -0.2) is 43.0 Å². The second-order valence-corrected chi connectivity index (χ2v) is 5.96. The first kappa shape index (κ1) is 16.3. The topological polar surface area (TPSA) is 45.1 Å². The minimum absolute atomic E-state index is 0.260. The van der Waals surface area contributed by atoms with Gasteiger partial charge in [-0.15, -0.1) is 11.3 Å². The SMILES string of the molecule is CN(C)CCON=C(C=Cc1ccc(O)cc1)c1cccs1. The lowest BCUT2D eigenvalue weighted by atomic mass is 10.2. The van der Waals surface area contributed by atoms with E-state index in [0.717, 1.165) is 22.7 Å². The number of benzene rings is 1. The van der Waals surface area contributed by atoms with Crippen molar-refractivity contribution in [1.29, 1.82) is 0 Å². The molecule has 0 saturated carbocycles. The van der Waals surface area contributed by atoms with Crippen molar-refractivity contribution in [3.8, 4) is 5.75 Å². The molecule has 0 fully saturated rings. The predicted molar refractivity (Wildman–Crippen MR) is 92.5 cm³/mol. The quantitative estimate of drug-likeness (QED) is 0.483. The molecule has 2 aromatic rings. The van der Waals surface area contributed by atoms with E-state index < -0.39 is 0 Å². The second-order valence-electron chi connectivity index (χ2n) is 5.02. The number of phenols is 1. The maximum Gasteiger partial charge on any atom is 0.129 e. The molecule has 5 heteroatoms. The number of likely N-dealkylation sites (N-methyl/N-ethyl adjacent to an activating group) is 1. The Bertz CT molecular complexity index is 617. The molecule has 0 spiro atoms. The summed E-state index contributed by atoms with van der Waals surface area (Å²) in [7, 11) is 4.00. The molecule has 2 rings (SSSR count). The van der Waals surface area contributed by atoms with Gasteiger partial charge in [0, 0.05) is 6.54 Å². The highest BCUT2D eigenvalue weighted by molar-refractivity contribution is 7.12. The molecule has 116 valence electrons. The summed E-state index contributed by atoms with van der Waals surface area (Å²) in [5.74, 6) is 0.260. The predicted octanol–water partition coefficient (Wildman–Crippen LogP) is 3.45. The van der Waals surface area contributed by atoms with Gasteiger partial charge >= 0.3 is 0 Å². The number of hydrogen-bond donors (Lipinski definition) is 1. The van der Waals surface area contributed by atoms with Crippen LogP contribution in [0, 0.1) is 0 Å². The molecule has 1 N–H and O–H groups in total. The van der Waals surface area contributed by atoms with Gasteiger partial charge in [0.1, 0.15) is 18.1 Å². The van der Waals surface area contributed by atoms with Gasteiger partial charge in [-0.25, -0.2) is 0 Å². The highest BCUT2D eigenvalue weighted by Crippen LogP contribution is 2.14. The monoisotopic (exact) mass is 316 g/mol. The largest absolute Gasteiger partial charge is 0.508 e. The summed E-state index contributed by atoms with van der Waals surface area (Å²) in [6.07, 6.45) is 3.88. The van der Waals surface area contributed by atoms with Gasteiger partial charge in [0.25, 0.3) is 0 Å². The molecule has 0 aliphatic rings. The maximum atomic E-state index is 9.30. The van der Waals surface area contributed by atoms with Gasteiger partial charge in [-0.05, 0) is 49.3 Å². The van der Waals surface area contributed by atoms with E-state index in [-0.39, 0.29) is 5.75 Å². The number of phenolic OH excluding ortho intramolecular Hbond substituents is 1. The van der Waals surface area contributed by atoms with Crippen LogP contribution >= 0.6 is 11.3 Å². The van der Waals surface area contributed by atoms with Crippen molar-refractivity contribution in [2.75, 3.05) is 27.2 Å². The summed E-state index contributed by atoms with van der Waals surface area (Å²) in [5, 5.41) is 15.6. The van der Waals surface area contributed by atoms with Crippen LogP contribution in [0.3, 0.4) is 0 Å². The van der Waals surface area contributed by atoms with Crippen molar-refractivity contribution >= 4 is 23.1 Å². The lowest BCUT2D eigenvalue weighted by Crippen LogP contribution is -2.17. The number of oxime groups is 1. The van der Waals surface area contributed by atoms with Crippen molar-refractivity contribution in [3.63, 3.8) is 0 Å². The molecule has 22 heavy (non-hydrogen) atoms. The van der Waals surface area contributed by atoms with Crippen LogP contribution in [0.15, 0.2) is 53.0 Å². The van der Waals surface area contributed by atoms with Crippen molar-refractivity contribution in [2.24, 2.45) is 5.16 Å². The minimum atomic E-state index is 0.260. The van der Waals surface area contributed by atoms with E-state index in [1.54, 1.807) is 23.5 Å². The molecule has 1 heterocycles. The fraction of sp³-hybridized carbons (Fsp3) is 0.235. The Kier molecular flexibility index (Phi) is 6.18. The number of hydrogen-bond acceptors (Lipinski definition) is 5. The molecule has 1 aromatic carbocycles. The number of thiophene rings is 1. The van der Waals surface area contributed by atoms with Gasteiger partial charge < -0.3 is 14.8 Å². The summed E-state index contributed by atoms with van der Waals surface area (Å²) in [4.78, 5) is 8.50. The van der Waals surface area contributed by atoms with Gasteiger partial charge in [0.05, 0.1) is 4.88 Å². The van der Waals surface area contributed by atoms with E-state index in [9.17, 15) is 5.11 Å². The summed E-state index contributed by atoms with van der Waals surface area (Å²) in [6, 6.07) is 11.0. The lowest BCUT2D eigenvalue weighted by molar-refractivity contribution is 0.126. The summed E-state index contributed by atoms with van der Waals surface area (Å²) in [6.45, 7) is 1.37. The van der Waals surface area contributed by atoms with Gasteiger partial charge in [-0.3, -0.25) is 0 Å². The van der Waals surface area contributed by atoms with Crippen molar-refractivity contribution in [2.45, 2.75) is 0 Å². The molecule has 0 bridgehead atoms. The van der Waals surface area contributed by atoms with Gasteiger partial charge in [0.2, 0.25) is 0 Å². The zero-order chi connectivity index (χ0) is 15.8. The maximum absolute atomic E-state index is 9.30. The first-order chi connectivity index (χ1) is 10.6. The van der Waals surface area contributed by atoms with E-state index >= 15 is 0 Å². The third kappa shape index (κ3) is 5.35. The lowest BCUT2D eigenvalue weighted by Gasteiger charge is -2.07. The molecule has 1 aromatic heterocycles. The molecular formula is C17H20N2O2S. The van der Waals surface area contributed by atoms with Crippen molar-refractivity contribution in [1.82, 2.24) is 4.90 Å². The summed E-state index contributed by atoms with van der Waals surface area (Å²) in [5.41, 5.74) is 1.79. The van der Waals surface area contributed by atoms with Gasteiger partial charge in [-0.1, -0.05) is 29.4 Å². The average molecular weight is 316 g/mol. The Balaban J connectivity index is 2.08. The molecular weight excluding hydrogens is 296 g/mol. The molecule has 0 aliphatic heterocycles. The molecule has 0 saturated heterocycles. The number of aromatic hydroxyl groups is 1. The van der Waals surface area contributed by atoms with Gasteiger partial charge in [-0.2, -0.15) is 0 Å². The molecule has 0 aliphatic carbocycles. The van der Waals surface area contributed by atoms with Crippen LogP contribution in [0.1, 0.15) is 10.4 Å². The Hall–Kier alpha value is -2.11. The zero-order valence-electron chi connectivity index (χ0n) is 12.8. The van der Waals surface area contributed by atoms with Crippen LogP contribution in [0.2, 0.25) is 0 Å². The van der Waals surface area contributed by atoms with E-state index in [0.29, 0.717) is 6.61 Å². The first-order valence-electron chi connectivity index (χ1n) is 7.01. The number of allylic oxidation sites excluding steroid dienone is 1. The van der Waals surface area contributed by atoms with Crippen LogP contribution in [-0.2, 0) is 4.84 Å². The Morgan fingerprint density at radius 2 is 2.05 bits per heavy atom. The van der Waals surface area contributed by atoms with E-state index in [1.165, 1.54) is 0 Å². The Morgan fingerprint density at radius 1 is 1.27 bits per heavy atom. The smallest absolute Gasteiger partial charge is 0.129 e. The van der Waals surface area contributed by atoms with Crippen LogP contribution < -0.4 is 0 Å². The van der Waals surface area contributed by atoms with E-state index in [4.69, 9.17) is 4.84 Å². The highest BCUT2D eigenvalue weighted by atomic mass is 32.1. The first-order valence-corrected chi connectivity index (χ1v) is 7.89. The summed E-state index contributed by atoms with van der Waals surface area (Å²) >= 11 is 1.62. The summed E-state index contributed by atoms with van der Waals surface area (Å²) < 4.78 is 0. The molecule has 0 radical (unpaired) electrons. The highest BCUT2D eigenvalue weighted by Gasteiger charge is 2.02. The van der Waals surface area contributed by atoms with Gasteiger partial charge in [0.15, 0.2) is 0 Å². The van der Waals surface area contributed by atoms with Crippen LogP contribution in [0.4, 0.5) is 0 Å². The van der Waals surface area contributed by atoms with Crippen LogP contribution in [0.25, 0.3) is 6.08 Å². The van der Waals surface area contributed by atoms with Crippen LogP contribution in [0.5, 0.6) is 5.75 Å². The fourth-order valence-corrected chi connectivity index (χ4v) is 2.37.